The van der Waals surface area contributed by atoms with Gasteiger partial charge in [-0.05, 0) is 60.2 Å². The molecule has 2 heterocycles. The van der Waals surface area contributed by atoms with E-state index < -0.39 is 34.8 Å². The largest absolute Gasteiger partial charge is 0.435 e. The second kappa shape index (κ2) is 10.8. The van der Waals surface area contributed by atoms with Crippen molar-refractivity contribution < 1.29 is 22.4 Å². The lowest BCUT2D eigenvalue weighted by molar-refractivity contribution is -0.141. The van der Waals surface area contributed by atoms with Crippen LogP contribution in [0, 0.1) is 17.1 Å². The molecule has 2 aromatic carbocycles. The highest BCUT2D eigenvalue weighted by atomic mass is 19.4. The third-order valence-electron chi connectivity index (χ3n) is 7.18. The predicted octanol–water partition coefficient (Wildman–Crippen LogP) is 5.35. The molecule has 4 aromatic rings. The average Bonchev–Trinajstić information content (AvgIpc) is 3.67. The van der Waals surface area contributed by atoms with E-state index in [1.165, 1.54) is 36.4 Å². The zero-order chi connectivity index (χ0) is 29.4. The van der Waals surface area contributed by atoms with Crippen molar-refractivity contribution in [2.75, 3.05) is 5.32 Å². The normalized spacial score (nSPS) is 14.9. The summed E-state index contributed by atoms with van der Waals surface area (Å²) in [6.07, 6.45) is 2.05. The van der Waals surface area contributed by atoms with Crippen LogP contribution in [0.25, 0.3) is 5.69 Å². The fourth-order valence-electron chi connectivity index (χ4n) is 4.69. The van der Waals surface area contributed by atoms with E-state index in [0.717, 1.165) is 30.0 Å². The van der Waals surface area contributed by atoms with Gasteiger partial charge >= 0.3 is 6.18 Å². The summed E-state index contributed by atoms with van der Waals surface area (Å²) < 4.78 is 56.6. The molecule has 5 rings (SSSR count). The zero-order valence-corrected chi connectivity index (χ0v) is 21.8. The molecule has 1 amide bonds. The van der Waals surface area contributed by atoms with E-state index in [0.29, 0.717) is 29.5 Å². The van der Waals surface area contributed by atoms with E-state index in [1.807, 2.05) is 6.07 Å². The Hall–Kier alpha value is -4.58. The molecule has 0 spiro atoms. The summed E-state index contributed by atoms with van der Waals surface area (Å²) in [5.74, 6) is -1.57. The Morgan fingerprint density at radius 2 is 1.85 bits per heavy atom. The highest BCUT2D eigenvalue weighted by molar-refractivity contribution is 6.04. The number of aromatic nitrogens is 3. The van der Waals surface area contributed by atoms with Crippen LogP contribution < -0.4 is 16.8 Å². The van der Waals surface area contributed by atoms with Gasteiger partial charge < -0.3 is 16.8 Å². The van der Waals surface area contributed by atoms with Gasteiger partial charge in [-0.1, -0.05) is 37.1 Å². The summed E-state index contributed by atoms with van der Waals surface area (Å²) in [7, 11) is 0. The van der Waals surface area contributed by atoms with Crippen LogP contribution >= 0.6 is 0 Å². The van der Waals surface area contributed by atoms with E-state index >= 15 is 4.39 Å². The molecular formula is C29H27F4N7O. The molecule has 1 aliphatic carbocycles. The Bertz CT molecular complexity index is 1600. The van der Waals surface area contributed by atoms with Gasteiger partial charge in [-0.3, -0.25) is 15.2 Å². The molecule has 6 N–H and O–H groups in total. The Morgan fingerprint density at radius 1 is 1.07 bits per heavy atom. The van der Waals surface area contributed by atoms with Crippen LogP contribution in [-0.2, 0) is 11.7 Å². The number of anilines is 1. The minimum atomic E-state index is -4.85. The Labute approximate surface area is 232 Å². The second-order valence-corrected chi connectivity index (χ2v) is 10.1. The van der Waals surface area contributed by atoms with E-state index in [2.05, 4.69) is 15.4 Å². The number of hydrogen-bond acceptors (Lipinski definition) is 5. The number of alkyl halides is 3. The third-order valence-corrected chi connectivity index (χ3v) is 7.18. The molecule has 2 aromatic heterocycles. The molecule has 41 heavy (non-hydrogen) atoms. The number of rotatable bonds is 9. The molecule has 8 nitrogen and oxygen atoms in total. The SMILES string of the molecule is N=C(N)c1cccc(-n2nc(C(F)(F)F)cc2C(=O)Nc2cc([C@](N)(CCC3CC3)c3cccnc3)ccc2F)c1. The standard InChI is InChI=1S/C29H27F4N7O/c30-22-9-8-19(28(36,11-10-17-6-7-17)20-4-2-12-37-16-20)14-23(22)38-27(41)24-15-25(29(31,32)33)39-40(24)21-5-1-3-18(13-21)26(34)35/h1-5,8-9,12-17H,6-7,10-11,36H2,(H3,34,35)(H,38,41)/t28-/m1/s1. The number of hydrogen-bond donors (Lipinski definition) is 4. The summed E-state index contributed by atoms with van der Waals surface area (Å²) in [6.45, 7) is 0. The van der Waals surface area contributed by atoms with Crippen LogP contribution in [0.3, 0.4) is 0 Å². The first-order valence-electron chi connectivity index (χ1n) is 12.9. The number of nitrogen functional groups attached to an aromatic ring is 1. The number of nitrogens with zero attached hydrogens (tertiary/aromatic N) is 3. The molecule has 0 aliphatic heterocycles. The topological polar surface area (TPSA) is 136 Å². The van der Waals surface area contributed by atoms with Crippen molar-refractivity contribution in [3.63, 3.8) is 0 Å². The van der Waals surface area contributed by atoms with E-state index in [4.69, 9.17) is 16.9 Å². The second-order valence-electron chi connectivity index (χ2n) is 10.1. The van der Waals surface area contributed by atoms with Crippen molar-refractivity contribution >= 4 is 17.4 Å². The molecule has 212 valence electrons. The fraction of sp³-hybridized carbons (Fsp3) is 0.241. The highest BCUT2D eigenvalue weighted by Gasteiger charge is 2.37. The Kier molecular flexibility index (Phi) is 7.35. The van der Waals surface area contributed by atoms with Crippen molar-refractivity contribution in [2.45, 2.75) is 37.4 Å². The molecule has 0 radical (unpaired) electrons. The Morgan fingerprint density at radius 3 is 2.51 bits per heavy atom. The number of amidine groups is 1. The maximum Gasteiger partial charge on any atom is 0.435 e. The molecule has 12 heteroatoms. The van der Waals surface area contributed by atoms with E-state index in [-0.39, 0.29) is 22.8 Å². The van der Waals surface area contributed by atoms with Crippen LogP contribution in [0.5, 0.6) is 0 Å². The molecule has 1 fully saturated rings. The highest BCUT2D eigenvalue weighted by Crippen LogP contribution is 2.40. The van der Waals surface area contributed by atoms with Crippen molar-refractivity contribution in [3.05, 3.63) is 107 Å². The third kappa shape index (κ3) is 5.97. The van der Waals surface area contributed by atoms with Crippen molar-refractivity contribution in [3.8, 4) is 5.69 Å². The maximum atomic E-state index is 15.0. The van der Waals surface area contributed by atoms with Crippen LogP contribution in [0.1, 0.15) is 58.6 Å². The molecular weight excluding hydrogens is 538 g/mol. The number of amides is 1. The number of nitrogens with two attached hydrogens (primary N) is 2. The molecule has 0 bridgehead atoms. The lowest BCUT2D eigenvalue weighted by Crippen LogP contribution is -2.38. The van der Waals surface area contributed by atoms with Crippen LogP contribution in [-0.4, -0.2) is 26.5 Å². The van der Waals surface area contributed by atoms with Crippen LogP contribution in [0.2, 0.25) is 0 Å². The van der Waals surface area contributed by atoms with Gasteiger partial charge in [-0.2, -0.15) is 18.3 Å². The number of nitrogens with one attached hydrogen (secondary N) is 2. The molecule has 1 saturated carbocycles. The van der Waals surface area contributed by atoms with Crippen molar-refractivity contribution in [2.24, 2.45) is 17.4 Å². The number of carbonyl (C=O) groups is 1. The quantitative estimate of drug-likeness (QED) is 0.123. The summed E-state index contributed by atoms with van der Waals surface area (Å²) >= 11 is 0. The smallest absolute Gasteiger partial charge is 0.384 e. The fourth-order valence-corrected chi connectivity index (χ4v) is 4.69. The lowest BCUT2D eigenvalue weighted by atomic mass is 9.80. The first kappa shape index (κ1) is 28.0. The molecule has 1 aliphatic rings. The number of pyridine rings is 1. The van der Waals surface area contributed by atoms with Gasteiger partial charge in [-0.25, -0.2) is 9.07 Å². The molecule has 0 saturated heterocycles. The van der Waals surface area contributed by atoms with Gasteiger partial charge in [0.25, 0.3) is 5.91 Å². The Balaban J connectivity index is 1.52. The summed E-state index contributed by atoms with van der Waals surface area (Å²) in [5.41, 5.74) is 10.8. The van der Waals surface area contributed by atoms with Gasteiger partial charge in [0.2, 0.25) is 0 Å². The lowest BCUT2D eigenvalue weighted by Gasteiger charge is -2.31. The zero-order valence-electron chi connectivity index (χ0n) is 21.8. The van der Waals surface area contributed by atoms with E-state index in [1.54, 1.807) is 18.5 Å². The minimum absolute atomic E-state index is 0.0604. The minimum Gasteiger partial charge on any atom is -0.384 e. The van der Waals surface area contributed by atoms with Crippen molar-refractivity contribution in [1.82, 2.24) is 14.8 Å². The number of benzene rings is 2. The summed E-state index contributed by atoms with van der Waals surface area (Å²) in [4.78, 5) is 17.5. The summed E-state index contributed by atoms with van der Waals surface area (Å²) in [6, 6.07) is 13.9. The summed E-state index contributed by atoms with van der Waals surface area (Å²) in [5, 5.41) is 13.6. The first-order chi connectivity index (χ1) is 19.5. The number of halogens is 4. The first-order valence-corrected chi connectivity index (χ1v) is 12.9. The van der Waals surface area contributed by atoms with Crippen LogP contribution in [0.4, 0.5) is 23.2 Å². The predicted molar refractivity (Wildman–Crippen MR) is 145 cm³/mol. The van der Waals surface area contributed by atoms with Gasteiger partial charge in [0.1, 0.15) is 17.3 Å². The van der Waals surface area contributed by atoms with Gasteiger partial charge in [0.15, 0.2) is 5.69 Å². The molecule has 1 atom stereocenters. The number of carbonyl (C=O) groups excluding carboxylic acids is 1. The van der Waals surface area contributed by atoms with E-state index in [9.17, 15) is 18.0 Å². The van der Waals surface area contributed by atoms with Crippen molar-refractivity contribution in [1.29, 1.82) is 5.41 Å². The van der Waals surface area contributed by atoms with Gasteiger partial charge in [0, 0.05) is 24.0 Å². The monoisotopic (exact) mass is 565 g/mol. The maximum absolute atomic E-state index is 15.0. The van der Waals surface area contributed by atoms with Gasteiger partial charge in [0.05, 0.1) is 16.9 Å². The molecule has 0 unspecified atom stereocenters. The average molecular weight is 566 g/mol. The van der Waals surface area contributed by atoms with Crippen LogP contribution in [0.15, 0.2) is 73.1 Å². The van der Waals surface area contributed by atoms with Gasteiger partial charge in [-0.15, -0.1) is 0 Å².